The smallest absolute Gasteiger partial charge is 0.262 e. The van der Waals surface area contributed by atoms with E-state index in [1.54, 1.807) is 22.1 Å². The molecule has 1 unspecified atom stereocenters. The van der Waals surface area contributed by atoms with Crippen molar-refractivity contribution in [3.63, 3.8) is 0 Å². The minimum absolute atomic E-state index is 0.0625. The summed E-state index contributed by atoms with van der Waals surface area (Å²) in [5, 5.41) is 3.64. The van der Waals surface area contributed by atoms with E-state index in [-0.39, 0.29) is 17.0 Å². The maximum absolute atomic E-state index is 13.0. The first-order chi connectivity index (χ1) is 13.0. The number of aryl methyl sites for hydroxylation is 1. The molecule has 0 saturated carbocycles. The number of hydrogen-bond donors (Lipinski definition) is 1. The minimum atomic E-state index is -3.59. The van der Waals surface area contributed by atoms with Gasteiger partial charge >= 0.3 is 0 Å². The zero-order valence-electron chi connectivity index (χ0n) is 15.9. The van der Waals surface area contributed by atoms with Gasteiger partial charge in [0.05, 0.1) is 6.33 Å². The molecule has 1 N–H and O–H groups in total. The van der Waals surface area contributed by atoms with Gasteiger partial charge in [-0.1, -0.05) is 30.3 Å². The largest absolute Gasteiger partial charge is 0.382 e. The molecule has 0 amide bonds. The number of aromatic nitrogens is 2. The van der Waals surface area contributed by atoms with E-state index in [9.17, 15) is 8.42 Å². The van der Waals surface area contributed by atoms with Crippen LogP contribution < -0.4 is 5.32 Å². The fraction of sp³-hybridized carbons (Fsp3) is 0.526. The van der Waals surface area contributed by atoms with Crippen molar-refractivity contribution in [2.75, 3.05) is 32.8 Å². The molecule has 8 heteroatoms. The molecule has 1 aromatic carbocycles. The molecular formula is C19H28N4O3S. The van der Waals surface area contributed by atoms with Crippen molar-refractivity contribution in [1.82, 2.24) is 19.2 Å². The molecule has 2 aromatic rings. The van der Waals surface area contributed by atoms with Gasteiger partial charge in [-0.25, -0.2) is 13.4 Å². The topological polar surface area (TPSA) is 76.5 Å². The molecule has 148 valence electrons. The number of benzene rings is 1. The van der Waals surface area contributed by atoms with E-state index in [0.717, 1.165) is 18.5 Å². The highest BCUT2D eigenvalue weighted by Crippen LogP contribution is 2.31. The third-order valence-electron chi connectivity index (χ3n) is 4.88. The number of sulfonamides is 1. The summed E-state index contributed by atoms with van der Waals surface area (Å²) in [6.45, 7) is 5.09. The van der Waals surface area contributed by atoms with Gasteiger partial charge in [-0.15, -0.1) is 0 Å². The van der Waals surface area contributed by atoms with Gasteiger partial charge in [0.15, 0.2) is 5.03 Å². The second kappa shape index (κ2) is 8.97. The Balaban J connectivity index is 1.74. The Kier molecular flexibility index (Phi) is 6.64. The number of imidazole rings is 1. The normalized spacial score (nSPS) is 21.0. The van der Waals surface area contributed by atoms with E-state index in [1.165, 1.54) is 6.33 Å². The lowest BCUT2D eigenvalue weighted by Crippen LogP contribution is -2.37. The highest BCUT2D eigenvalue weighted by atomic mass is 32.2. The number of nitrogens with one attached hydrogen (secondary N) is 1. The highest BCUT2D eigenvalue weighted by molar-refractivity contribution is 7.89. The van der Waals surface area contributed by atoms with Crippen LogP contribution in [0.4, 0.5) is 0 Å². The summed E-state index contributed by atoms with van der Waals surface area (Å²) >= 11 is 0. The number of rotatable bonds is 9. The summed E-state index contributed by atoms with van der Waals surface area (Å²) in [5.41, 5.74) is 1.15. The van der Waals surface area contributed by atoms with Crippen LogP contribution in [0.15, 0.2) is 47.9 Å². The SMILES string of the molecule is CCOCCCN[C@@H]1CN(S(=O)(=O)c2cn(C)cn2)CC1c1ccccc1. The Hall–Kier alpha value is -1.74. The standard InChI is InChI=1S/C19H28N4O3S/c1-3-26-11-7-10-20-18-13-23(12-17(18)16-8-5-4-6-9-16)27(24,25)19-14-22(2)15-21-19/h4-6,8-9,14-15,17-18,20H,3,7,10-13H2,1-2H3/t17?,18-/m1/s1. The molecule has 1 fully saturated rings. The van der Waals surface area contributed by atoms with Crippen molar-refractivity contribution in [2.45, 2.75) is 30.3 Å². The van der Waals surface area contributed by atoms with E-state index >= 15 is 0 Å². The fourth-order valence-electron chi connectivity index (χ4n) is 3.47. The maximum atomic E-state index is 13.0. The van der Waals surface area contributed by atoms with Crippen molar-refractivity contribution in [1.29, 1.82) is 0 Å². The number of ether oxygens (including phenoxy) is 1. The molecule has 2 heterocycles. The van der Waals surface area contributed by atoms with E-state index in [4.69, 9.17) is 4.74 Å². The summed E-state index contributed by atoms with van der Waals surface area (Å²) in [6, 6.07) is 10.2. The minimum Gasteiger partial charge on any atom is -0.382 e. The molecule has 2 atom stereocenters. The number of nitrogens with zero attached hydrogens (tertiary/aromatic N) is 3. The summed E-state index contributed by atoms with van der Waals surface area (Å²) in [4.78, 5) is 4.05. The maximum Gasteiger partial charge on any atom is 0.262 e. The lowest BCUT2D eigenvalue weighted by molar-refractivity contribution is 0.144. The molecule has 1 saturated heterocycles. The highest BCUT2D eigenvalue weighted by Gasteiger charge is 2.40. The molecule has 1 aromatic heterocycles. The van der Waals surface area contributed by atoms with Crippen LogP contribution in [-0.2, 0) is 21.8 Å². The van der Waals surface area contributed by atoms with Crippen molar-refractivity contribution in [2.24, 2.45) is 7.05 Å². The average molecular weight is 393 g/mol. The summed E-state index contributed by atoms with van der Waals surface area (Å²) in [5.74, 6) is 0.108. The molecule has 0 spiro atoms. The second-order valence-electron chi connectivity index (χ2n) is 6.83. The van der Waals surface area contributed by atoms with Crippen molar-refractivity contribution in [3.8, 4) is 0 Å². The molecule has 27 heavy (non-hydrogen) atoms. The Bertz CT molecular complexity index is 822. The van der Waals surface area contributed by atoms with E-state index < -0.39 is 10.0 Å². The van der Waals surface area contributed by atoms with Crippen LogP contribution in [0.25, 0.3) is 0 Å². The van der Waals surface area contributed by atoms with E-state index in [2.05, 4.69) is 22.4 Å². The predicted octanol–water partition coefficient (Wildman–Crippen LogP) is 1.59. The molecule has 1 aliphatic rings. The van der Waals surface area contributed by atoms with Crippen LogP contribution in [0, 0.1) is 0 Å². The van der Waals surface area contributed by atoms with Gasteiger partial charge in [0.25, 0.3) is 10.0 Å². The zero-order valence-corrected chi connectivity index (χ0v) is 16.7. The van der Waals surface area contributed by atoms with Crippen LogP contribution in [0.1, 0.15) is 24.8 Å². The molecule has 1 aliphatic heterocycles. The van der Waals surface area contributed by atoms with Gasteiger partial charge in [0, 0.05) is 51.5 Å². The van der Waals surface area contributed by atoms with Crippen LogP contribution in [-0.4, -0.2) is 61.2 Å². The monoisotopic (exact) mass is 392 g/mol. The molecule has 0 aliphatic carbocycles. The average Bonchev–Trinajstić information content (AvgIpc) is 3.29. The Morgan fingerprint density at radius 3 is 2.70 bits per heavy atom. The van der Waals surface area contributed by atoms with Crippen LogP contribution in [0.3, 0.4) is 0 Å². The van der Waals surface area contributed by atoms with Gasteiger partial charge in [0.2, 0.25) is 0 Å². The van der Waals surface area contributed by atoms with Crippen LogP contribution >= 0.6 is 0 Å². The van der Waals surface area contributed by atoms with Crippen LogP contribution in [0.5, 0.6) is 0 Å². The molecule has 3 rings (SSSR count). The van der Waals surface area contributed by atoms with Gasteiger partial charge in [-0.3, -0.25) is 0 Å². The van der Waals surface area contributed by atoms with Gasteiger partial charge < -0.3 is 14.6 Å². The molecule has 0 radical (unpaired) electrons. The van der Waals surface area contributed by atoms with Gasteiger partial charge in [-0.2, -0.15) is 4.31 Å². The van der Waals surface area contributed by atoms with Crippen molar-refractivity contribution in [3.05, 3.63) is 48.4 Å². The van der Waals surface area contributed by atoms with Crippen molar-refractivity contribution >= 4 is 10.0 Å². The Morgan fingerprint density at radius 2 is 2.04 bits per heavy atom. The Labute approximate surface area is 161 Å². The molecule has 7 nitrogen and oxygen atoms in total. The number of hydrogen-bond acceptors (Lipinski definition) is 5. The summed E-state index contributed by atoms with van der Waals surface area (Å²) < 4.78 is 34.6. The lowest BCUT2D eigenvalue weighted by atomic mass is 9.94. The first-order valence-electron chi connectivity index (χ1n) is 9.36. The molecular weight excluding hydrogens is 364 g/mol. The predicted molar refractivity (Wildman–Crippen MR) is 104 cm³/mol. The van der Waals surface area contributed by atoms with E-state index in [0.29, 0.717) is 26.3 Å². The quantitative estimate of drug-likeness (QED) is 0.656. The fourth-order valence-corrected chi connectivity index (χ4v) is 4.93. The van der Waals surface area contributed by atoms with Gasteiger partial charge in [-0.05, 0) is 25.5 Å². The summed E-state index contributed by atoms with van der Waals surface area (Å²) in [6.07, 6.45) is 3.97. The van der Waals surface area contributed by atoms with Crippen LogP contribution in [0.2, 0.25) is 0 Å². The van der Waals surface area contributed by atoms with Crippen molar-refractivity contribution < 1.29 is 13.2 Å². The summed E-state index contributed by atoms with van der Waals surface area (Å²) in [7, 11) is -1.82. The van der Waals surface area contributed by atoms with Gasteiger partial charge in [0.1, 0.15) is 0 Å². The zero-order chi connectivity index (χ0) is 19.3. The molecule has 0 bridgehead atoms. The first kappa shape index (κ1) is 20.0. The first-order valence-corrected chi connectivity index (χ1v) is 10.8. The second-order valence-corrected chi connectivity index (χ2v) is 8.71. The third kappa shape index (κ3) is 4.76. The van der Waals surface area contributed by atoms with E-state index in [1.807, 2.05) is 25.1 Å². The lowest BCUT2D eigenvalue weighted by Gasteiger charge is -2.20. The Morgan fingerprint density at radius 1 is 1.26 bits per heavy atom. The third-order valence-corrected chi connectivity index (χ3v) is 6.59.